The van der Waals surface area contributed by atoms with E-state index >= 15 is 0 Å². The molecule has 0 spiro atoms. The molecule has 0 aromatic carbocycles. The van der Waals surface area contributed by atoms with Gasteiger partial charge in [0.25, 0.3) is 0 Å². The minimum absolute atomic E-state index is 0.412. The summed E-state index contributed by atoms with van der Waals surface area (Å²) in [7, 11) is 2.01. The number of aromatic nitrogens is 2. The smallest absolute Gasteiger partial charge is 0.0772 e. The third kappa shape index (κ3) is 2.51. The van der Waals surface area contributed by atoms with E-state index in [4.69, 9.17) is 0 Å². The average Bonchev–Trinajstić information content (AvgIpc) is 2.54. The molecule has 0 radical (unpaired) electrons. The van der Waals surface area contributed by atoms with E-state index in [0.29, 0.717) is 12.0 Å². The first-order valence-electron chi connectivity index (χ1n) is 5.16. The van der Waals surface area contributed by atoms with Crippen molar-refractivity contribution in [3.63, 3.8) is 0 Å². The Balaban J connectivity index is 2.76. The van der Waals surface area contributed by atoms with E-state index in [2.05, 4.69) is 28.8 Å². The van der Waals surface area contributed by atoms with Gasteiger partial charge >= 0.3 is 0 Å². The van der Waals surface area contributed by atoms with Crippen LogP contribution in [0.25, 0.3) is 0 Å². The van der Waals surface area contributed by atoms with E-state index in [1.54, 1.807) is 0 Å². The normalized spacial score (nSPS) is 15.4. The van der Waals surface area contributed by atoms with E-state index in [9.17, 15) is 0 Å². The SMILES string of the molecule is CCCC(C)C(NC)c1snnc1C. The summed E-state index contributed by atoms with van der Waals surface area (Å²) in [4.78, 5) is 1.29. The molecule has 3 nitrogen and oxygen atoms in total. The molecule has 1 heterocycles. The fourth-order valence-electron chi connectivity index (χ4n) is 1.82. The first-order chi connectivity index (χ1) is 6.70. The van der Waals surface area contributed by atoms with Gasteiger partial charge in [-0.05, 0) is 37.8 Å². The Bertz CT molecular complexity index is 272. The van der Waals surface area contributed by atoms with Gasteiger partial charge in [0, 0.05) is 6.04 Å². The van der Waals surface area contributed by atoms with Gasteiger partial charge in [-0.2, -0.15) is 0 Å². The van der Waals surface area contributed by atoms with Crippen LogP contribution in [-0.2, 0) is 0 Å². The molecule has 2 atom stereocenters. The lowest BCUT2D eigenvalue weighted by molar-refractivity contribution is 0.387. The van der Waals surface area contributed by atoms with Crippen LogP contribution in [0.3, 0.4) is 0 Å². The van der Waals surface area contributed by atoms with Crippen molar-refractivity contribution >= 4 is 11.5 Å². The number of nitrogens with zero attached hydrogens (tertiary/aromatic N) is 2. The van der Waals surface area contributed by atoms with Gasteiger partial charge in [-0.3, -0.25) is 0 Å². The van der Waals surface area contributed by atoms with Crippen molar-refractivity contribution in [3.05, 3.63) is 10.6 Å². The van der Waals surface area contributed by atoms with Crippen LogP contribution in [0.2, 0.25) is 0 Å². The van der Waals surface area contributed by atoms with Gasteiger partial charge in [0.1, 0.15) is 0 Å². The highest BCUT2D eigenvalue weighted by molar-refractivity contribution is 7.05. The molecule has 14 heavy (non-hydrogen) atoms. The van der Waals surface area contributed by atoms with E-state index in [-0.39, 0.29) is 0 Å². The molecule has 2 unspecified atom stereocenters. The number of hydrogen-bond donors (Lipinski definition) is 1. The standard InChI is InChI=1S/C10H19N3S/c1-5-6-7(2)9(11-4)10-8(3)12-13-14-10/h7,9,11H,5-6H2,1-4H3. The van der Waals surface area contributed by atoms with Crippen LogP contribution in [-0.4, -0.2) is 16.6 Å². The molecule has 0 aliphatic heterocycles. The quantitative estimate of drug-likeness (QED) is 0.817. The summed E-state index contributed by atoms with van der Waals surface area (Å²) in [6, 6.07) is 0.412. The predicted octanol–water partition coefficient (Wildman–Crippen LogP) is 2.54. The van der Waals surface area contributed by atoms with Crippen LogP contribution in [0.5, 0.6) is 0 Å². The Morgan fingerprint density at radius 2 is 2.21 bits per heavy atom. The molecule has 0 saturated heterocycles. The summed E-state index contributed by atoms with van der Waals surface area (Å²) in [6.45, 7) is 6.53. The molecule has 1 rings (SSSR count). The van der Waals surface area contributed by atoms with Gasteiger partial charge in [0.2, 0.25) is 0 Å². The Labute approximate surface area is 90.1 Å². The summed E-state index contributed by atoms with van der Waals surface area (Å²) >= 11 is 1.51. The monoisotopic (exact) mass is 213 g/mol. The lowest BCUT2D eigenvalue weighted by atomic mass is 9.95. The van der Waals surface area contributed by atoms with Gasteiger partial charge < -0.3 is 5.32 Å². The van der Waals surface area contributed by atoms with Crippen LogP contribution in [0.15, 0.2) is 0 Å². The number of rotatable bonds is 5. The highest BCUT2D eigenvalue weighted by Gasteiger charge is 2.20. The summed E-state index contributed by atoms with van der Waals surface area (Å²) in [5.74, 6) is 0.644. The van der Waals surface area contributed by atoms with E-state index < -0.39 is 0 Å². The molecule has 0 aliphatic rings. The largest absolute Gasteiger partial charge is 0.312 e. The van der Waals surface area contributed by atoms with Crippen LogP contribution >= 0.6 is 11.5 Å². The fraction of sp³-hybridized carbons (Fsp3) is 0.800. The Hall–Kier alpha value is -0.480. The molecule has 0 saturated carbocycles. The van der Waals surface area contributed by atoms with Gasteiger partial charge in [0.15, 0.2) is 0 Å². The molecule has 0 aliphatic carbocycles. The van der Waals surface area contributed by atoms with Crippen molar-refractivity contribution in [2.24, 2.45) is 5.92 Å². The minimum Gasteiger partial charge on any atom is -0.312 e. The third-order valence-electron chi connectivity index (χ3n) is 2.59. The van der Waals surface area contributed by atoms with Gasteiger partial charge in [-0.1, -0.05) is 24.8 Å². The van der Waals surface area contributed by atoms with E-state index in [1.165, 1.54) is 29.3 Å². The van der Waals surface area contributed by atoms with Gasteiger partial charge in [0.05, 0.1) is 10.6 Å². The maximum atomic E-state index is 4.06. The molecule has 1 aromatic rings. The maximum Gasteiger partial charge on any atom is 0.0772 e. The fourth-order valence-corrected chi connectivity index (χ4v) is 2.71. The van der Waals surface area contributed by atoms with Gasteiger partial charge in [-0.15, -0.1) is 5.10 Å². The van der Waals surface area contributed by atoms with Crippen LogP contribution in [0, 0.1) is 12.8 Å². The van der Waals surface area contributed by atoms with Crippen molar-refractivity contribution in [2.45, 2.75) is 39.7 Å². The number of hydrogen-bond acceptors (Lipinski definition) is 4. The molecule has 0 amide bonds. The number of aryl methyl sites for hydroxylation is 1. The van der Waals surface area contributed by atoms with Crippen molar-refractivity contribution in [1.82, 2.24) is 14.9 Å². The average molecular weight is 213 g/mol. The summed E-state index contributed by atoms with van der Waals surface area (Å²) in [5.41, 5.74) is 1.07. The molecule has 0 bridgehead atoms. The van der Waals surface area contributed by atoms with Crippen LogP contribution in [0.1, 0.15) is 43.3 Å². The summed E-state index contributed by atoms with van der Waals surface area (Å²) in [6.07, 6.45) is 2.47. The first kappa shape index (κ1) is 11.6. The van der Waals surface area contributed by atoms with Crippen LogP contribution < -0.4 is 5.32 Å². The highest BCUT2D eigenvalue weighted by Crippen LogP contribution is 2.28. The zero-order valence-corrected chi connectivity index (χ0v) is 10.2. The lowest BCUT2D eigenvalue weighted by Crippen LogP contribution is -2.23. The Kier molecular flexibility index (Phi) is 4.48. The second-order valence-electron chi connectivity index (χ2n) is 3.75. The summed E-state index contributed by atoms with van der Waals surface area (Å²) < 4.78 is 3.98. The zero-order valence-electron chi connectivity index (χ0n) is 9.37. The first-order valence-corrected chi connectivity index (χ1v) is 5.94. The molecular weight excluding hydrogens is 194 g/mol. The van der Waals surface area contributed by atoms with Crippen molar-refractivity contribution in [1.29, 1.82) is 0 Å². The molecule has 0 fully saturated rings. The van der Waals surface area contributed by atoms with Gasteiger partial charge in [-0.25, -0.2) is 0 Å². The second kappa shape index (κ2) is 5.41. The molecule has 4 heteroatoms. The third-order valence-corrected chi connectivity index (χ3v) is 3.50. The zero-order chi connectivity index (χ0) is 10.6. The number of nitrogens with one attached hydrogen (secondary N) is 1. The second-order valence-corrected chi connectivity index (χ2v) is 4.54. The van der Waals surface area contributed by atoms with E-state index in [1.807, 2.05) is 14.0 Å². The minimum atomic E-state index is 0.412. The molecule has 80 valence electrons. The lowest BCUT2D eigenvalue weighted by Gasteiger charge is -2.21. The molecular formula is C10H19N3S. The Morgan fingerprint density at radius 3 is 2.64 bits per heavy atom. The highest BCUT2D eigenvalue weighted by atomic mass is 32.1. The molecule has 1 aromatic heterocycles. The van der Waals surface area contributed by atoms with Crippen LogP contribution in [0.4, 0.5) is 0 Å². The maximum absolute atomic E-state index is 4.06. The van der Waals surface area contributed by atoms with Crippen molar-refractivity contribution < 1.29 is 0 Å². The van der Waals surface area contributed by atoms with Crippen molar-refractivity contribution in [3.8, 4) is 0 Å². The topological polar surface area (TPSA) is 37.8 Å². The predicted molar refractivity (Wildman–Crippen MR) is 60.5 cm³/mol. The van der Waals surface area contributed by atoms with Crippen molar-refractivity contribution in [2.75, 3.05) is 7.05 Å². The Morgan fingerprint density at radius 1 is 1.50 bits per heavy atom. The molecule has 1 N–H and O–H groups in total. The van der Waals surface area contributed by atoms with E-state index in [0.717, 1.165) is 5.69 Å². The summed E-state index contributed by atoms with van der Waals surface area (Å²) in [5, 5.41) is 7.42.